The van der Waals surface area contributed by atoms with E-state index in [0.717, 1.165) is 21.1 Å². The van der Waals surface area contributed by atoms with Gasteiger partial charge in [-0.25, -0.2) is 4.98 Å². The molecule has 0 amide bonds. The van der Waals surface area contributed by atoms with Gasteiger partial charge >= 0.3 is 0 Å². The molecule has 0 unspecified atom stereocenters. The predicted molar refractivity (Wildman–Crippen MR) is 82.8 cm³/mol. The number of pyridine rings is 1. The molecule has 1 aromatic carbocycles. The number of fused-ring (bicyclic) bond motifs is 1. The first kappa shape index (κ1) is 12.4. The highest BCUT2D eigenvalue weighted by molar-refractivity contribution is 9.10. The van der Waals surface area contributed by atoms with Gasteiger partial charge in [-0.15, -0.1) is 11.3 Å². The molecule has 0 saturated heterocycles. The van der Waals surface area contributed by atoms with Crippen LogP contribution in [0.25, 0.3) is 10.8 Å². The normalized spacial score (nSPS) is 10.8. The highest BCUT2D eigenvalue weighted by atomic mass is 79.9. The number of benzene rings is 1. The second-order valence-electron chi connectivity index (χ2n) is 4.11. The molecule has 0 aliphatic carbocycles. The Morgan fingerprint density at radius 2 is 2.16 bits per heavy atom. The molecule has 2 heterocycles. The maximum Gasteiger partial charge on any atom is 0.134 e. The van der Waals surface area contributed by atoms with Crippen LogP contribution in [-0.2, 0) is 6.54 Å². The Bertz CT molecular complexity index is 726. The smallest absolute Gasteiger partial charge is 0.134 e. The molecular formula is C14H11BrN2OS. The summed E-state index contributed by atoms with van der Waals surface area (Å²) in [5.74, 6) is 1.04. The number of hydrogen-bond acceptors (Lipinski definition) is 4. The molecule has 19 heavy (non-hydrogen) atoms. The van der Waals surface area contributed by atoms with Crippen LogP contribution in [0.3, 0.4) is 0 Å². The molecule has 2 N–H and O–H groups in total. The molecule has 0 aliphatic heterocycles. The Morgan fingerprint density at radius 3 is 2.95 bits per heavy atom. The van der Waals surface area contributed by atoms with Gasteiger partial charge in [0, 0.05) is 20.9 Å². The van der Waals surface area contributed by atoms with Crippen molar-refractivity contribution in [1.29, 1.82) is 0 Å². The van der Waals surface area contributed by atoms with Crippen LogP contribution in [0.15, 0.2) is 46.4 Å². The van der Waals surface area contributed by atoms with E-state index >= 15 is 0 Å². The Morgan fingerprint density at radius 1 is 1.26 bits per heavy atom. The summed E-state index contributed by atoms with van der Waals surface area (Å²) in [7, 11) is 0. The summed E-state index contributed by atoms with van der Waals surface area (Å²) in [6.45, 7) is 0.708. The van der Waals surface area contributed by atoms with Gasteiger partial charge in [-0.3, -0.25) is 0 Å². The van der Waals surface area contributed by atoms with Crippen molar-refractivity contribution in [2.24, 2.45) is 0 Å². The summed E-state index contributed by atoms with van der Waals surface area (Å²) in [4.78, 5) is 5.57. The van der Waals surface area contributed by atoms with Crippen LogP contribution in [0.5, 0.6) is 5.75 Å². The first-order valence-electron chi connectivity index (χ1n) is 5.77. The Kier molecular flexibility index (Phi) is 3.40. The topological polar surface area (TPSA) is 45.2 Å². The monoisotopic (exact) mass is 334 g/mol. The van der Waals surface area contributed by atoms with Crippen LogP contribution >= 0.6 is 27.3 Å². The quantitative estimate of drug-likeness (QED) is 0.747. The fraction of sp³-hybridized carbons (Fsp3) is 0.0714. The lowest BCUT2D eigenvalue weighted by Crippen LogP contribution is -2.00. The Balaban J connectivity index is 1.92. The minimum absolute atomic E-state index is 0.251. The van der Waals surface area contributed by atoms with E-state index in [0.29, 0.717) is 6.54 Å². The SMILES string of the molecule is Oc1ccc2ccnc(NCc3sccc3Br)c2c1. The zero-order valence-corrected chi connectivity index (χ0v) is 12.3. The van der Waals surface area contributed by atoms with Crippen molar-refractivity contribution in [2.75, 3.05) is 5.32 Å². The van der Waals surface area contributed by atoms with Gasteiger partial charge in [0.25, 0.3) is 0 Å². The number of phenolic OH excluding ortho intramolecular Hbond substituents is 1. The minimum Gasteiger partial charge on any atom is -0.508 e. The molecule has 5 heteroatoms. The first-order chi connectivity index (χ1) is 9.24. The zero-order valence-electron chi connectivity index (χ0n) is 9.93. The predicted octanol–water partition coefficient (Wildman–Crippen LogP) is 4.38. The van der Waals surface area contributed by atoms with Gasteiger partial charge < -0.3 is 10.4 Å². The van der Waals surface area contributed by atoms with Gasteiger partial charge in [0.15, 0.2) is 0 Å². The molecule has 96 valence electrons. The minimum atomic E-state index is 0.251. The number of nitrogens with one attached hydrogen (secondary N) is 1. The number of aromatic hydroxyl groups is 1. The van der Waals surface area contributed by atoms with Gasteiger partial charge in [-0.1, -0.05) is 6.07 Å². The number of rotatable bonds is 3. The molecule has 0 bridgehead atoms. The van der Waals surface area contributed by atoms with Crippen molar-refractivity contribution >= 4 is 43.9 Å². The summed E-state index contributed by atoms with van der Waals surface area (Å²) in [5, 5.41) is 16.9. The fourth-order valence-corrected chi connectivity index (χ4v) is 3.34. The van der Waals surface area contributed by atoms with E-state index in [4.69, 9.17) is 0 Å². The molecule has 3 nitrogen and oxygen atoms in total. The molecule has 2 aromatic heterocycles. The van der Waals surface area contributed by atoms with Crippen LogP contribution in [0.1, 0.15) is 4.88 Å². The summed E-state index contributed by atoms with van der Waals surface area (Å²) >= 11 is 5.20. The maximum absolute atomic E-state index is 9.59. The van der Waals surface area contributed by atoms with Gasteiger partial charge in [-0.05, 0) is 51.0 Å². The third kappa shape index (κ3) is 2.57. The van der Waals surface area contributed by atoms with E-state index in [-0.39, 0.29) is 5.75 Å². The lowest BCUT2D eigenvalue weighted by Gasteiger charge is -2.08. The molecular weight excluding hydrogens is 324 g/mol. The van der Waals surface area contributed by atoms with Gasteiger partial charge in [0.2, 0.25) is 0 Å². The van der Waals surface area contributed by atoms with Gasteiger partial charge in [-0.2, -0.15) is 0 Å². The average molecular weight is 335 g/mol. The third-order valence-corrected chi connectivity index (χ3v) is 4.78. The summed E-state index contributed by atoms with van der Waals surface area (Å²) in [5.41, 5.74) is 0. The molecule has 3 aromatic rings. The lowest BCUT2D eigenvalue weighted by molar-refractivity contribution is 0.476. The van der Waals surface area contributed by atoms with Crippen molar-refractivity contribution in [2.45, 2.75) is 6.54 Å². The highest BCUT2D eigenvalue weighted by Crippen LogP contribution is 2.27. The second kappa shape index (κ2) is 5.19. The number of nitrogens with zero attached hydrogens (tertiary/aromatic N) is 1. The van der Waals surface area contributed by atoms with Crippen LogP contribution < -0.4 is 5.32 Å². The molecule has 0 radical (unpaired) electrons. The summed E-state index contributed by atoms with van der Waals surface area (Å²) in [6, 6.07) is 9.26. The number of phenols is 1. The number of anilines is 1. The van der Waals surface area contributed by atoms with Crippen LogP contribution in [0.2, 0.25) is 0 Å². The Hall–Kier alpha value is -1.59. The van der Waals surface area contributed by atoms with Crippen LogP contribution in [0, 0.1) is 0 Å². The summed E-state index contributed by atoms with van der Waals surface area (Å²) < 4.78 is 1.10. The van der Waals surface area contributed by atoms with Gasteiger partial charge in [0.05, 0.1) is 6.54 Å². The lowest BCUT2D eigenvalue weighted by atomic mass is 10.1. The van der Waals surface area contributed by atoms with Crippen molar-refractivity contribution < 1.29 is 5.11 Å². The Labute approximate surface area is 123 Å². The van der Waals surface area contributed by atoms with E-state index in [1.807, 2.05) is 23.6 Å². The van der Waals surface area contributed by atoms with E-state index in [1.165, 1.54) is 4.88 Å². The van der Waals surface area contributed by atoms with Crippen molar-refractivity contribution in [3.8, 4) is 5.75 Å². The number of halogens is 1. The molecule has 0 atom stereocenters. The van der Waals surface area contributed by atoms with Crippen LogP contribution in [-0.4, -0.2) is 10.1 Å². The second-order valence-corrected chi connectivity index (χ2v) is 5.97. The first-order valence-corrected chi connectivity index (χ1v) is 7.45. The maximum atomic E-state index is 9.59. The molecule has 3 rings (SSSR count). The molecule has 0 fully saturated rings. The van der Waals surface area contributed by atoms with Crippen molar-refractivity contribution in [1.82, 2.24) is 4.98 Å². The highest BCUT2D eigenvalue weighted by Gasteiger charge is 2.05. The van der Waals surface area contributed by atoms with E-state index in [2.05, 4.69) is 26.2 Å². The van der Waals surface area contributed by atoms with E-state index < -0.39 is 0 Å². The average Bonchev–Trinajstić information content (AvgIpc) is 2.82. The fourth-order valence-electron chi connectivity index (χ4n) is 1.91. The summed E-state index contributed by atoms with van der Waals surface area (Å²) in [6.07, 6.45) is 1.77. The molecule has 0 aliphatic rings. The van der Waals surface area contributed by atoms with E-state index in [9.17, 15) is 5.11 Å². The number of hydrogen-bond donors (Lipinski definition) is 2. The molecule has 0 spiro atoms. The number of aromatic nitrogens is 1. The van der Waals surface area contributed by atoms with E-state index in [1.54, 1.807) is 29.7 Å². The van der Waals surface area contributed by atoms with Crippen LogP contribution in [0.4, 0.5) is 5.82 Å². The molecule has 0 saturated carbocycles. The van der Waals surface area contributed by atoms with Gasteiger partial charge in [0.1, 0.15) is 11.6 Å². The number of thiophene rings is 1. The van der Waals surface area contributed by atoms with Crippen molar-refractivity contribution in [3.63, 3.8) is 0 Å². The van der Waals surface area contributed by atoms with Crippen molar-refractivity contribution in [3.05, 3.63) is 51.3 Å². The standard InChI is InChI=1S/C14H11BrN2OS/c15-12-4-6-19-13(12)8-17-14-11-7-10(18)2-1-9(11)3-5-16-14/h1-7,18H,8H2,(H,16,17). The zero-order chi connectivity index (χ0) is 13.2. The third-order valence-electron chi connectivity index (χ3n) is 2.86. The largest absolute Gasteiger partial charge is 0.508 e.